The van der Waals surface area contributed by atoms with E-state index in [1.807, 2.05) is 31.2 Å². The van der Waals surface area contributed by atoms with Gasteiger partial charge in [-0.2, -0.15) is 0 Å². The Hall–Kier alpha value is -0.600. The van der Waals surface area contributed by atoms with Crippen molar-refractivity contribution in [1.82, 2.24) is 0 Å². The minimum absolute atomic E-state index is 0.620. The van der Waals surface area contributed by atoms with Gasteiger partial charge in [0.15, 0.2) is 6.29 Å². The van der Waals surface area contributed by atoms with Gasteiger partial charge < -0.3 is 9.84 Å². The van der Waals surface area contributed by atoms with Crippen LogP contribution in [0.25, 0.3) is 0 Å². The fourth-order valence-corrected chi connectivity index (χ4v) is 0.643. The van der Waals surface area contributed by atoms with E-state index in [4.69, 9.17) is 5.11 Å². The molecular weight excluding hydrogens is 140 g/mol. The van der Waals surface area contributed by atoms with Crippen molar-refractivity contribution in [3.05, 3.63) is 24.3 Å². The van der Waals surface area contributed by atoms with Gasteiger partial charge in [-0.3, -0.25) is 0 Å². The second-order valence-corrected chi connectivity index (χ2v) is 2.22. The first kappa shape index (κ1) is 10.4. The number of aliphatic hydroxyl groups is 1. The molecule has 0 aromatic heterocycles. The van der Waals surface area contributed by atoms with Gasteiger partial charge in [-0.15, -0.1) is 0 Å². The number of hydrogen-bond acceptors (Lipinski definition) is 2. The zero-order valence-electron chi connectivity index (χ0n) is 7.16. The number of methoxy groups -OCH3 is 1. The molecule has 2 nitrogen and oxygen atoms in total. The first-order valence-corrected chi connectivity index (χ1v) is 3.80. The molecule has 0 aliphatic carbocycles. The highest BCUT2D eigenvalue weighted by Crippen LogP contribution is 1.97. The van der Waals surface area contributed by atoms with Gasteiger partial charge in [0.05, 0.1) is 0 Å². The van der Waals surface area contributed by atoms with E-state index in [-0.39, 0.29) is 0 Å². The molecule has 1 N–H and O–H groups in total. The molecule has 1 unspecified atom stereocenters. The van der Waals surface area contributed by atoms with E-state index < -0.39 is 6.29 Å². The highest BCUT2D eigenvalue weighted by Gasteiger charge is 1.96. The summed E-state index contributed by atoms with van der Waals surface area (Å²) in [5.41, 5.74) is 0. The molecule has 0 aromatic rings. The normalized spacial score (nSPS) is 14.8. The Morgan fingerprint density at radius 3 is 2.73 bits per heavy atom. The molecule has 0 fully saturated rings. The lowest BCUT2D eigenvalue weighted by Crippen LogP contribution is -2.07. The molecular formula is C9H16O2. The standard InChI is InChI=1S/C9H16O2/c1-3-4-5-6-7-8-9(10)11-2/h3-6,9-10H,7-8H2,1-2H3/b4-3-,6-5+. The Kier molecular flexibility index (Phi) is 7.10. The van der Waals surface area contributed by atoms with Gasteiger partial charge in [0.25, 0.3) is 0 Å². The zero-order chi connectivity index (χ0) is 8.53. The molecule has 11 heavy (non-hydrogen) atoms. The predicted octanol–water partition coefficient (Wildman–Crippen LogP) is 1.86. The van der Waals surface area contributed by atoms with Gasteiger partial charge in [0, 0.05) is 13.5 Å². The number of ether oxygens (including phenoxy) is 1. The fourth-order valence-electron chi connectivity index (χ4n) is 0.643. The molecule has 0 saturated heterocycles. The summed E-state index contributed by atoms with van der Waals surface area (Å²) < 4.78 is 4.66. The van der Waals surface area contributed by atoms with Gasteiger partial charge in [0.1, 0.15) is 0 Å². The number of aliphatic hydroxyl groups excluding tert-OH is 1. The maximum atomic E-state index is 8.94. The summed E-state index contributed by atoms with van der Waals surface area (Å²) in [6.07, 6.45) is 8.77. The van der Waals surface area contributed by atoms with E-state index in [2.05, 4.69) is 4.74 Å². The number of allylic oxidation sites excluding steroid dienone is 4. The molecule has 0 aliphatic heterocycles. The molecule has 0 aromatic carbocycles. The lowest BCUT2D eigenvalue weighted by atomic mass is 10.3. The van der Waals surface area contributed by atoms with Crippen LogP contribution in [-0.4, -0.2) is 18.5 Å². The third-order valence-electron chi connectivity index (χ3n) is 1.29. The van der Waals surface area contributed by atoms with Crippen molar-refractivity contribution < 1.29 is 9.84 Å². The molecule has 0 radical (unpaired) electrons. The molecule has 0 amide bonds. The summed E-state index contributed by atoms with van der Waals surface area (Å²) in [4.78, 5) is 0. The minimum Gasteiger partial charge on any atom is -0.368 e. The van der Waals surface area contributed by atoms with Crippen molar-refractivity contribution in [3.8, 4) is 0 Å². The van der Waals surface area contributed by atoms with Crippen molar-refractivity contribution in [3.63, 3.8) is 0 Å². The Morgan fingerprint density at radius 1 is 1.45 bits per heavy atom. The summed E-state index contributed by atoms with van der Waals surface area (Å²) in [5.74, 6) is 0. The fraction of sp³-hybridized carbons (Fsp3) is 0.556. The Labute approximate surface area is 68.2 Å². The highest BCUT2D eigenvalue weighted by molar-refractivity contribution is 5.00. The van der Waals surface area contributed by atoms with Gasteiger partial charge in [-0.1, -0.05) is 24.3 Å². The largest absolute Gasteiger partial charge is 0.368 e. The van der Waals surface area contributed by atoms with Crippen molar-refractivity contribution in [2.24, 2.45) is 0 Å². The van der Waals surface area contributed by atoms with Crippen LogP contribution in [0.5, 0.6) is 0 Å². The van der Waals surface area contributed by atoms with Crippen LogP contribution in [0.2, 0.25) is 0 Å². The smallest absolute Gasteiger partial charge is 0.154 e. The lowest BCUT2D eigenvalue weighted by Gasteiger charge is -2.04. The van der Waals surface area contributed by atoms with E-state index in [1.54, 1.807) is 0 Å². The third kappa shape index (κ3) is 7.30. The molecule has 0 bridgehead atoms. The summed E-state index contributed by atoms with van der Waals surface area (Å²) in [7, 11) is 1.50. The summed E-state index contributed by atoms with van der Waals surface area (Å²) in [6, 6.07) is 0. The van der Waals surface area contributed by atoms with Gasteiger partial charge >= 0.3 is 0 Å². The Bertz CT molecular complexity index is 128. The van der Waals surface area contributed by atoms with E-state index in [0.717, 1.165) is 6.42 Å². The predicted molar refractivity (Wildman–Crippen MR) is 46.2 cm³/mol. The summed E-state index contributed by atoms with van der Waals surface area (Å²) in [6.45, 7) is 1.97. The van der Waals surface area contributed by atoms with Crippen LogP contribution in [0.3, 0.4) is 0 Å². The first-order chi connectivity index (χ1) is 5.31. The molecule has 0 saturated carbocycles. The number of hydrogen-bond donors (Lipinski definition) is 1. The topological polar surface area (TPSA) is 29.5 Å². The van der Waals surface area contributed by atoms with Crippen molar-refractivity contribution in [2.45, 2.75) is 26.1 Å². The second kappa shape index (κ2) is 7.51. The Morgan fingerprint density at radius 2 is 2.18 bits per heavy atom. The van der Waals surface area contributed by atoms with Gasteiger partial charge in [-0.25, -0.2) is 0 Å². The summed E-state index contributed by atoms with van der Waals surface area (Å²) >= 11 is 0. The average molecular weight is 156 g/mol. The third-order valence-corrected chi connectivity index (χ3v) is 1.29. The van der Waals surface area contributed by atoms with Crippen LogP contribution in [0.1, 0.15) is 19.8 Å². The van der Waals surface area contributed by atoms with Crippen molar-refractivity contribution in [2.75, 3.05) is 7.11 Å². The van der Waals surface area contributed by atoms with E-state index in [9.17, 15) is 0 Å². The maximum absolute atomic E-state index is 8.94. The quantitative estimate of drug-likeness (QED) is 0.486. The lowest BCUT2D eigenvalue weighted by molar-refractivity contribution is -0.0773. The highest BCUT2D eigenvalue weighted by atomic mass is 16.6. The van der Waals surface area contributed by atoms with E-state index >= 15 is 0 Å². The Balaban J connectivity index is 3.26. The van der Waals surface area contributed by atoms with Gasteiger partial charge in [0.2, 0.25) is 0 Å². The van der Waals surface area contributed by atoms with E-state index in [1.165, 1.54) is 7.11 Å². The van der Waals surface area contributed by atoms with Crippen molar-refractivity contribution in [1.29, 1.82) is 0 Å². The molecule has 1 atom stereocenters. The minimum atomic E-state index is -0.620. The average Bonchev–Trinajstić information content (AvgIpc) is 2.04. The molecule has 64 valence electrons. The van der Waals surface area contributed by atoms with Crippen molar-refractivity contribution >= 4 is 0 Å². The first-order valence-electron chi connectivity index (χ1n) is 3.80. The molecule has 0 aliphatic rings. The second-order valence-electron chi connectivity index (χ2n) is 2.22. The van der Waals surface area contributed by atoms with Crippen LogP contribution in [-0.2, 0) is 4.74 Å². The molecule has 0 heterocycles. The molecule has 0 rings (SSSR count). The number of rotatable bonds is 5. The van der Waals surface area contributed by atoms with Crippen LogP contribution < -0.4 is 0 Å². The van der Waals surface area contributed by atoms with Crippen LogP contribution >= 0.6 is 0 Å². The van der Waals surface area contributed by atoms with Crippen LogP contribution in [0, 0.1) is 0 Å². The van der Waals surface area contributed by atoms with E-state index in [0.29, 0.717) is 6.42 Å². The molecule has 0 spiro atoms. The zero-order valence-corrected chi connectivity index (χ0v) is 7.16. The SMILES string of the molecule is C/C=C\C=C\CCC(O)OC. The summed E-state index contributed by atoms with van der Waals surface area (Å²) in [5, 5.41) is 8.94. The van der Waals surface area contributed by atoms with Gasteiger partial charge in [-0.05, 0) is 13.3 Å². The monoisotopic (exact) mass is 156 g/mol. The van der Waals surface area contributed by atoms with Crippen LogP contribution in [0.4, 0.5) is 0 Å². The van der Waals surface area contributed by atoms with Crippen LogP contribution in [0.15, 0.2) is 24.3 Å². The maximum Gasteiger partial charge on any atom is 0.154 e. The molecule has 2 heteroatoms.